The monoisotopic (exact) mass is 400 g/mol. The lowest BCUT2D eigenvalue weighted by Crippen LogP contribution is -2.12. The summed E-state index contributed by atoms with van der Waals surface area (Å²) in [5.41, 5.74) is 0.637. The quantitative estimate of drug-likeness (QED) is 0.503. The van der Waals surface area contributed by atoms with Gasteiger partial charge in [-0.3, -0.25) is 9.89 Å². The standard InChI is InChI=1S/C19H24N6O4/c1-3-9-27-14-6-5-13(11-15(14)28-10-4-2)22-16(26)7-8-17-23-19(25-29-17)18-20-12-21-24-18/h5-6,11-12H,3-4,7-10H2,1-2H3,(H,22,26)(H,20,21,24). The molecule has 0 unspecified atom stereocenters. The van der Waals surface area contributed by atoms with Crippen LogP contribution in [0.1, 0.15) is 39.0 Å². The van der Waals surface area contributed by atoms with E-state index in [2.05, 4.69) is 30.6 Å². The molecule has 0 fully saturated rings. The fraction of sp³-hybridized carbons (Fsp3) is 0.421. The van der Waals surface area contributed by atoms with E-state index in [-0.39, 0.29) is 12.3 Å². The Balaban J connectivity index is 1.56. The van der Waals surface area contributed by atoms with Gasteiger partial charge in [0.2, 0.25) is 17.6 Å². The number of nitrogens with zero attached hydrogens (tertiary/aromatic N) is 4. The van der Waals surface area contributed by atoms with Crippen LogP contribution in [0.25, 0.3) is 11.6 Å². The molecule has 0 aliphatic rings. The minimum atomic E-state index is -0.173. The number of ether oxygens (including phenoxy) is 2. The summed E-state index contributed by atoms with van der Waals surface area (Å²) in [7, 11) is 0. The van der Waals surface area contributed by atoms with Crippen molar-refractivity contribution in [1.82, 2.24) is 25.3 Å². The van der Waals surface area contributed by atoms with Crippen LogP contribution >= 0.6 is 0 Å². The molecule has 0 bridgehead atoms. The number of hydrogen-bond acceptors (Lipinski definition) is 8. The van der Waals surface area contributed by atoms with Crippen LogP contribution in [-0.4, -0.2) is 44.4 Å². The molecule has 1 aromatic carbocycles. The second kappa shape index (κ2) is 10.2. The summed E-state index contributed by atoms with van der Waals surface area (Å²) in [4.78, 5) is 20.4. The van der Waals surface area contributed by atoms with Gasteiger partial charge in [-0.05, 0) is 25.0 Å². The molecule has 154 valence electrons. The lowest BCUT2D eigenvalue weighted by molar-refractivity contribution is -0.116. The van der Waals surface area contributed by atoms with Gasteiger partial charge in [-0.15, -0.1) is 0 Å². The Bertz CT molecular complexity index is 909. The fourth-order valence-electron chi connectivity index (χ4n) is 2.45. The van der Waals surface area contributed by atoms with Gasteiger partial charge in [0.15, 0.2) is 17.3 Å². The van der Waals surface area contributed by atoms with Crippen LogP contribution in [0.15, 0.2) is 29.0 Å². The highest BCUT2D eigenvalue weighted by atomic mass is 16.5. The lowest BCUT2D eigenvalue weighted by Gasteiger charge is -2.14. The van der Waals surface area contributed by atoms with E-state index in [0.717, 1.165) is 12.8 Å². The highest BCUT2D eigenvalue weighted by molar-refractivity contribution is 5.91. The first-order valence-electron chi connectivity index (χ1n) is 9.57. The minimum absolute atomic E-state index is 0.173. The first-order chi connectivity index (χ1) is 14.2. The smallest absolute Gasteiger partial charge is 0.239 e. The Morgan fingerprint density at radius 1 is 1.17 bits per heavy atom. The minimum Gasteiger partial charge on any atom is -0.490 e. The number of amides is 1. The second-order valence-electron chi connectivity index (χ2n) is 6.25. The Hall–Kier alpha value is -3.43. The number of aromatic nitrogens is 5. The number of anilines is 1. The summed E-state index contributed by atoms with van der Waals surface area (Å²) in [6, 6.07) is 5.36. The topological polar surface area (TPSA) is 128 Å². The first kappa shape index (κ1) is 20.3. The van der Waals surface area contributed by atoms with Gasteiger partial charge in [0.25, 0.3) is 0 Å². The number of aryl methyl sites for hydroxylation is 1. The molecule has 0 spiro atoms. The molecule has 3 aromatic rings. The van der Waals surface area contributed by atoms with Crippen molar-refractivity contribution in [3.05, 3.63) is 30.4 Å². The van der Waals surface area contributed by atoms with Gasteiger partial charge in [0.05, 0.1) is 13.2 Å². The Morgan fingerprint density at radius 3 is 2.69 bits per heavy atom. The van der Waals surface area contributed by atoms with Gasteiger partial charge in [0.1, 0.15) is 6.33 Å². The number of nitrogens with one attached hydrogen (secondary N) is 2. The molecule has 0 saturated heterocycles. The molecule has 2 aromatic heterocycles. The predicted molar refractivity (Wildman–Crippen MR) is 105 cm³/mol. The third-order valence-corrected chi connectivity index (χ3v) is 3.81. The first-order valence-corrected chi connectivity index (χ1v) is 9.57. The predicted octanol–water partition coefficient (Wildman–Crippen LogP) is 3.00. The largest absolute Gasteiger partial charge is 0.490 e. The number of H-pyrrole nitrogens is 1. The molecular weight excluding hydrogens is 376 g/mol. The number of carbonyl (C=O) groups excluding carboxylic acids is 1. The van der Waals surface area contributed by atoms with Crippen molar-refractivity contribution < 1.29 is 18.8 Å². The maximum atomic E-state index is 12.3. The second-order valence-corrected chi connectivity index (χ2v) is 6.25. The zero-order chi connectivity index (χ0) is 20.5. The average Bonchev–Trinajstić information content (AvgIpc) is 3.41. The third-order valence-electron chi connectivity index (χ3n) is 3.81. The highest BCUT2D eigenvalue weighted by Gasteiger charge is 2.13. The van der Waals surface area contributed by atoms with Crippen LogP contribution in [0.2, 0.25) is 0 Å². The number of rotatable bonds is 11. The molecule has 29 heavy (non-hydrogen) atoms. The van der Waals surface area contributed by atoms with Gasteiger partial charge >= 0.3 is 0 Å². The van der Waals surface area contributed by atoms with Crippen LogP contribution in [0.4, 0.5) is 5.69 Å². The highest BCUT2D eigenvalue weighted by Crippen LogP contribution is 2.31. The van der Waals surface area contributed by atoms with Crippen molar-refractivity contribution in [3.63, 3.8) is 0 Å². The van der Waals surface area contributed by atoms with Gasteiger partial charge in [0, 0.05) is 24.6 Å². The van der Waals surface area contributed by atoms with Crippen LogP contribution < -0.4 is 14.8 Å². The molecule has 1 amide bonds. The molecule has 3 rings (SSSR count). The summed E-state index contributed by atoms with van der Waals surface area (Å²) in [5, 5.41) is 13.1. The maximum Gasteiger partial charge on any atom is 0.239 e. The molecule has 10 nitrogen and oxygen atoms in total. The normalized spacial score (nSPS) is 10.7. The van der Waals surface area contributed by atoms with E-state index in [9.17, 15) is 4.79 Å². The summed E-state index contributed by atoms with van der Waals surface area (Å²) in [6.45, 7) is 5.25. The number of carbonyl (C=O) groups is 1. The van der Waals surface area contributed by atoms with E-state index in [1.54, 1.807) is 18.2 Å². The van der Waals surface area contributed by atoms with Gasteiger partial charge < -0.3 is 19.3 Å². The molecule has 0 aliphatic carbocycles. The van der Waals surface area contributed by atoms with Gasteiger partial charge in [-0.2, -0.15) is 10.1 Å². The van der Waals surface area contributed by atoms with Crippen LogP contribution in [-0.2, 0) is 11.2 Å². The number of hydrogen-bond donors (Lipinski definition) is 2. The Labute approximate surface area is 168 Å². The molecule has 0 saturated carbocycles. The van der Waals surface area contributed by atoms with E-state index in [1.807, 2.05) is 13.8 Å². The Morgan fingerprint density at radius 2 is 1.97 bits per heavy atom. The van der Waals surface area contributed by atoms with Crippen molar-refractivity contribution in [1.29, 1.82) is 0 Å². The summed E-state index contributed by atoms with van der Waals surface area (Å²) < 4.78 is 16.6. The molecule has 0 aliphatic heterocycles. The molecule has 2 N–H and O–H groups in total. The van der Waals surface area contributed by atoms with Crippen LogP contribution in [0.3, 0.4) is 0 Å². The zero-order valence-corrected chi connectivity index (χ0v) is 16.5. The van der Waals surface area contributed by atoms with E-state index >= 15 is 0 Å². The maximum absolute atomic E-state index is 12.3. The Kier molecular flexibility index (Phi) is 7.15. The van der Waals surface area contributed by atoms with Crippen LogP contribution in [0, 0.1) is 0 Å². The van der Waals surface area contributed by atoms with E-state index in [1.165, 1.54) is 6.33 Å². The summed E-state index contributed by atoms with van der Waals surface area (Å²) in [6.07, 6.45) is 3.64. The summed E-state index contributed by atoms with van der Waals surface area (Å²) >= 11 is 0. The molecule has 10 heteroatoms. The zero-order valence-electron chi connectivity index (χ0n) is 16.5. The van der Waals surface area contributed by atoms with Crippen molar-refractivity contribution in [3.8, 4) is 23.1 Å². The van der Waals surface area contributed by atoms with E-state index in [0.29, 0.717) is 54.4 Å². The van der Waals surface area contributed by atoms with Crippen molar-refractivity contribution in [2.75, 3.05) is 18.5 Å². The van der Waals surface area contributed by atoms with E-state index in [4.69, 9.17) is 14.0 Å². The molecule has 2 heterocycles. The molecule has 0 radical (unpaired) electrons. The van der Waals surface area contributed by atoms with Crippen molar-refractivity contribution >= 4 is 11.6 Å². The van der Waals surface area contributed by atoms with E-state index < -0.39 is 0 Å². The number of benzene rings is 1. The average molecular weight is 400 g/mol. The summed E-state index contributed by atoms with van der Waals surface area (Å²) in [5.74, 6) is 2.18. The van der Waals surface area contributed by atoms with Crippen molar-refractivity contribution in [2.45, 2.75) is 39.5 Å². The number of aromatic amines is 1. The van der Waals surface area contributed by atoms with Crippen molar-refractivity contribution in [2.24, 2.45) is 0 Å². The van der Waals surface area contributed by atoms with Gasteiger partial charge in [-0.25, -0.2) is 4.98 Å². The van der Waals surface area contributed by atoms with Crippen LogP contribution in [0.5, 0.6) is 11.5 Å². The van der Waals surface area contributed by atoms with Gasteiger partial charge in [-0.1, -0.05) is 19.0 Å². The fourth-order valence-corrected chi connectivity index (χ4v) is 2.45. The third kappa shape index (κ3) is 5.77. The SMILES string of the molecule is CCCOc1ccc(NC(=O)CCc2nc(-c3ncn[nH]3)no2)cc1OCCC. The molecule has 0 atom stereocenters. The molecular formula is C19H24N6O4. The lowest BCUT2D eigenvalue weighted by atomic mass is 10.2.